The van der Waals surface area contributed by atoms with Crippen LogP contribution in [0.3, 0.4) is 0 Å². The second kappa shape index (κ2) is 6.21. The lowest BCUT2D eigenvalue weighted by atomic mass is 10.2. The number of nitrogens with zero attached hydrogens (tertiary/aromatic N) is 2. The van der Waals surface area contributed by atoms with Gasteiger partial charge in [-0.2, -0.15) is 0 Å². The molecule has 0 spiro atoms. The summed E-state index contributed by atoms with van der Waals surface area (Å²) in [7, 11) is 0. The lowest BCUT2D eigenvalue weighted by Crippen LogP contribution is -2.05. The summed E-state index contributed by atoms with van der Waals surface area (Å²) in [5, 5.41) is 13.8. The van der Waals surface area contributed by atoms with E-state index in [0.29, 0.717) is 28.8 Å². The minimum absolute atomic E-state index is 0.00560. The molecule has 1 aromatic rings. The van der Waals surface area contributed by atoms with Crippen LogP contribution in [0.5, 0.6) is 0 Å². The fraction of sp³-hybridized carbons (Fsp3) is 0.364. The Kier molecular flexibility index (Phi) is 4.91. The van der Waals surface area contributed by atoms with E-state index >= 15 is 0 Å². The molecule has 0 atom stereocenters. The first-order valence-electron chi connectivity index (χ1n) is 5.04. The molecule has 6 heteroatoms. The summed E-state index contributed by atoms with van der Waals surface area (Å²) in [6.45, 7) is 2.36. The molecule has 0 saturated heterocycles. The third-order valence-corrected chi connectivity index (χ3v) is 3.19. The number of nitrogens with one attached hydrogen (secondary N) is 1. The molecule has 0 aliphatic heterocycles. The van der Waals surface area contributed by atoms with Crippen molar-refractivity contribution < 1.29 is 4.92 Å². The quantitative estimate of drug-likeness (QED) is 0.393. The molecule has 0 saturated carbocycles. The first-order valence-corrected chi connectivity index (χ1v) is 5.84. The van der Waals surface area contributed by atoms with Crippen molar-refractivity contribution in [2.45, 2.75) is 19.8 Å². The zero-order chi connectivity index (χ0) is 12.8. The highest BCUT2D eigenvalue weighted by atomic mass is 79.9. The predicted octanol–water partition coefficient (Wildman–Crippen LogP) is 2.89. The Balaban J connectivity index is 2.79. The largest absolute Gasteiger partial charge is 0.369 e. The molecule has 0 fully saturated rings. The maximum absolute atomic E-state index is 10.7. The number of terminal acetylenes is 1. The van der Waals surface area contributed by atoms with Crippen molar-refractivity contribution in [3.05, 3.63) is 26.3 Å². The van der Waals surface area contributed by atoms with Gasteiger partial charge >= 0.3 is 0 Å². The van der Waals surface area contributed by atoms with Gasteiger partial charge in [-0.15, -0.1) is 12.3 Å². The highest BCUT2D eigenvalue weighted by Crippen LogP contribution is 2.30. The highest BCUT2D eigenvalue weighted by molar-refractivity contribution is 9.10. The van der Waals surface area contributed by atoms with E-state index in [9.17, 15) is 10.1 Å². The molecule has 1 aromatic heterocycles. The Morgan fingerprint density at radius 3 is 3.00 bits per heavy atom. The maximum atomic E-state index is 10.7. The van der Waals surface area contributed by atoms with Crippen molar-refractivity contribution in [3.63, 3.8) is 0 Å². The fourth-order valence-corrected chi connectivity index (χ4v) is 1.72. The summed E-state index contributed by atoms with van der Waals surface area (Å²) < 4.78 is 0.618. The Labute approximate surface area is 108 Å². The highest BCUT2D eigenvalue weighted by Gasteiger charge is 2.16. The van der Waals surface area contributed by atoms with E-state index in [-0.39, 0.29) is 5.69 Å². The van der Waals surface area contributed by atoms with Crippen molar-refractivity contribution in [1.82, 2.24) is 4.98 Å². The van der Waals surface area contributed by atoms with Crippen LogP contribution in [-0.2, 0) is 0 Å². The van der Waals surface area contributed by atoms with Gasteiger partial charge in [0.15, 0.2) is 0 Å². The van der Waals surface area contributed by atoms with Crippen molar-refractivity contribution in [1.29, 1.82) is 0 Å². The molecule has 90 valence electrons. The average molecular weight is 298 g/mol. The minimum Gasteiger partial charge on any atom is -0.369 e. The molecule has 1 N–H and O–H groups in total. The third kappa shape index (κ3) is 3.43. The summed E-state index contributed by atoms with van der Waals surface area (Å²) >= 11 is 3.30. The Bertz CT molecular complexity index is 469. The lowest BCUT2D eigenvalue weighted by molar-refractivity contribution is -0.385. The monoisotopic (exact) mass is 297 g/mol. The van der Waals surface area contributed by atoms with Crippen molar-refractivity contribution in [2.75, 3.05) is 11.9 Å². The van der Waals surface area contributed by atoms with Crippen LogP contribution >= 0.6 is 15.9 Å². The van der Waals surface area contributed by atoms with E-state index in [4.69, 9.17) is 6.42 Å². The molecular weight excluding hydrogens is 286 g/mol. The molecule has 1 heterocycles. The SMILES string of the molecule is C#CCCCNc1ncc([N+](=O)[O-])c(C)c1Br. The predicted molar refractivity (Wildman–Crippen MR) is 69.9 cm³/mol. The topological polar surface area (TPSA) is 68.1 Å². The lowest BCUT2D eigenvalue weighted by Gasteiger charge is -2.08. The third-order valence-electron chi connectivity index (χ3n) is 2.22. The Hall–Kier alpha value is -1.61. The van der Waals surface area contributed by atoms with Gasteiger partial charge in [0, 0.05) is 18.5 Å². The van der Waals surface area contributed by atoms with Gasteiger partial charge in [-0.1, -0.05) is 0 Å². The molecule has 0 bridgehead atoms. The number of unbranched alkanes of at least 4 members (excludes halogenated alkanes) is 1. The summed E-state index contributed by atoms with van der Waals surface area (Å²) in [5.41, 5.74) is 0.565. The van der Waals surface area contributed by atoms with Crippen LogP contribution in [0.2, 0.25) is 0 Å². The Morgan fingerprint density at radius 2 is 2.41 bits per heavy atom. The number of hydrogen-bond acceptors (Lipinski definition) is 4. The van der Waals surface area contributed by atoms with E-state index < -0.39 is 4.92 Å². The van der Waals surface area contributed by atoms with Gasteiger partial charge in [0.05, 0.1) is 9.40 Å². The molecule has 0 aliphatic carbocycles. The van der Waals surface area contributed by atoms with Gasteiger partial charge < -0.3 is 5.32 Å². The van der Waals surface area contributed by atoms with E-state index in [1.54, 1.807) is 6.92 Å². The van der Waals surface area contributed by atoms with Crippen LogP contribution in [0.1, 0.15) is 18.4 Å². The number of anilines is 1. The van der Waals surface area contributed by atoms with Crippen molar-refractivity contribution in [3.8, 4) is 12.3 Å². The van der Waals surface area contributed by atoms with E-state index in [0.717, 1.165) is 6.42 Å². The zero-order valence-electron chi connectivity index (χ0n) is 9.36. The molecule has 5 nitrogen and oxygen atoms in total. The van der Waals surface area contributed by atoms with Crippen LogP contribution in [0, 0.1) is 29.4 Å². The summed E-state index contributed by atoms with van der Waals surface area (Å²) in [5.74, 6) is 3.14. The molecule has 0 radical (unpaired) electrons. The second-order valence-electron chi connectivity index (χ2n) is 3.42. The molecule has 1 rings (SSSR count). The smallest absolute Gasteiger partial charge is 0.291 e. The molecule has 0 aromatic carbocycles. The average Bonchev–Trinajstić information content (AvgIpc) is 2.29. The summed E-state index contributed by atoms with van der Waals surface area (Å²) in [6, 6.07) is 0. The molecule has 17 heavy (non-hydrogen) atoms. The van der Waals surface area contributed by atoms with Gasteiger partial charge in [-0.3, -0.25) is 10.1 Å². The first kappa shape index (κ1) is 13.5. The van der Waals surface area contributed by atoms with Crippen LogP contribution in [0.15, 0.2) is 10.7 Å². The van der Waals surface area contributed by atoms with Crippen LogP contribution in [0.4, 0.5) is 11.5 Å². The molecule has 0 unspecified atom stereocenters. The zero-order valence-corrected chi connectivity index (χ0v) is 11.0. The number of rotatable bonds is 5. The van der Waals surface area contributed by atoms with E-state index in [2.05, 4.69) is 32.2 Å². The van der Waals surface area contributed by atoms with Crippen molar-refractivity contribution in [2.24, 2.45) is 0 Å². The Morgan fingerprint density at radius 1 is 1.71 bits per heavy atom. The normalized spacial score (nSPS) is 9.71. The van der Waals surface area contributed by atoms with Crippen LogP contribution in [-0.4, -0.2) is 16.5 Å². The van der Waals surface area contributed by atoms with E-state index in [1.807, 2.05) is 0 Å². The van der Waals surface area contributed by atoms with Gasteiger partial charge in [-0.05, 0) is 29.3 Å². The van der Waals surface area contributed by atoms with Gasteiger partial charge in [-0.25, -0.2) is 4.98 Å². The first-order chi connectivity index (χ1) is 8.07. The van der Waals surface area contributed by atoms with Crippen LogP contribution in [0.25, 0.3) is 0 Å². The maximum Gasteiger partial charge on any atom is 0.291 e. The van der Waals surface area contributed by atoms with Gasteiger partial charge in [0.2, 0.25) is 0 Å². The number of pyridine rings is 1. The van der Waals surface area contributed by atoms with Gasteiger partial charge in [0.1, 0.15) is 12.0 Å². The second-order valence-corrected chi connectivity index (χ2v) is 4.22. The number of nitro groups is 1. The number of halogens is 1. The van der Waals surface area contributed by atoms with Crippen molar-refractivity contribution >= 4 is 27.4 Å². The summed E-state index contributed by atoms with van der Waals surface area (Å²) in [4.78, 5) is 14.2. The summed E-state index contributed by atoms with van der Waals surface area (Å²) in [6.07, 6.45) is 7.92. The standard InChI is InChI=1S/C11H12BrN3O2/c1-3-4-5-6-13-11-10(12)8(2)9(7-14-11)15(16)17/h1,7H,4-6H2,2H3,(H,13,14). The van der Waals surface area contributed by atoms with Crippen LogP contribution < -0.4 is 5.32 Å². The molecule has 0 aliphatic rings. The van der Waals surface area contributed by atoms with Gasteiger partial charge in [0.25, 0.3) is 5.69 Å². The number of aromatic nitrogens is 1. The molecular formula is C11H12BrN3O2. The van der Waals surface area contributed by atoms with E-state index in [1.165, 1.54) is 6.20 Å². The number of hydrogen-bond donors (Lipinski definition) is 1. The minimum atomic E-state index is -0.449. The fourth-order valence-electron chi connectivity index (χ4n) is 1.27. The molecule has 0 amide bonds.